The summed E-state index contributed by atoms with van der Waals surface area (Å²) < 4.78 is 15.8. The van der Waals surface area contributed by atoms with E-state index in [0.717, 1.165) is 16.9 Å². The van der Waals surface area contributed by atoms with Crippen molar-refractivity contribution in [3.05, 3.63) is 59.7 Å². The van der Waals surface area contributed by atoms with Crippen molar-refractivity contribution in [1.82, 2.24) is 5.32 Å². The molecule has 0 spiro atoms. The lowest BCUT2D eigenvalue weighted by Gasteiger charge is -2.09. The molecule has 2 aromatic carbocycles. The van der Waals surface area contributed by atoms with Gasteiger partial charge in [-0.2, -0.15) is 0 Å². The quantitative estimate of drug-likeness (QED) is 0.748. The molecule has 0 unspecified atom stereocenters. The van der Waals surface area contributed by atoms with E-state index >= 15 is 0 Å². The van der Waals surface area contributed by atoms with Gasteiger partial charge in [0, 0.05) is 12.6 Å². The van der Waals surface area contributed by atoms with Crippen LogP contribution in [0.5, 0.6) is 17.2 Å². The van der Waals surface area contributed by atoms with Crippen LogP contribution in [-0.2, 0) is 11.3 Å². The SMILES string of the molecule is CCOc1ccc(C=CC(=O)NCc2ccc(OC)c(OC)c2)cc1. The van der Waals surface area contributed by atoms with Crippen molar-refractivity contribution in [3.8, 4) is 17.2 Å². The molecular weight excluding hydrogens is 318 g/mol. The van der Waals surface area contributed by atoms with Gasteiger partial charge >= 0.3 is 0 Å². The number of rotatable bonds is 8. The Labute approximate surface area is 148 Å². The topological polar surface area (TPSA) is 56.8 Å². The molecule has 0 bridgehead atoms. The molecule has 1 amide bonds. The molecule has 5 nitrogen and oxygen atoms in total. The lowest BCUT2D eigenvalue weighted by molar-refractivity contribution is -0.116. The predicted molar refractivity (Wildman–Crippen MR) is 98.0 cm³/mol. The van der Waals surface area contributed by atoms with E-state index < -0.39 is 0 Å². The van der Waals surface area contributed by atoms with Crippen LogP contribution in [0, 0.1) is 0 Å². The fraction of sp³-hybridized carbons (Fsp3) is 0.250. The summed E-state index contributed by atoms with van der Waals surface area (Å²) in [7, 11) is 3.17. The highest BCUT2D eigenvalue weighted by atomic mass is 16.5. The molecule has 0 fully saturated rings. The normalized spacial score (nSPS) is 10.5. The molecule has 5 heteroatoms. The van der Waals surface area contributed by atoms with Gasteiger partial charge in [-0.25, -0.2) is 0 Å². The van der Waals surface area contributed by atoms with Gasteiger partial charge in [0.05, 0.1) is 20.8 Å². The van der Waals surface area contributed by atoms with Crippen molar-refractivity contribution >= 4 is 12.0 Å². The van der Waals surface area contributed by atoms with E-state index in [1.54, 1.807) is 20.3 Å². The fourth-order valence-corrected chi connectivity index (χ4v) is 2.25. The standard InChI is InChI=1S/C20H23NO4/c1-4-25-17-9-5-15(6-10-17)8-12-20(22)21-14-16-7-11-18(23-2)19(13-16)24-3/h5-13H,4,14H2,1-3H3,(H,21,22). The summed E-state index contributed by atoms with van der Waals surface area (Å²) in [6.07, 6.45) is 3.27. The maximum Gasteiger partial charge on any atom is 0.244 e. The third kappa shape index (κ3) is 5.57. The molecule has 2 aromatic rings. The second-order valence-corrected chi connectivity index (χ2v) is 5.24. The summed E-state index contributed by atoms with van der Waals surface area (Å²) in [5.74, 6) is 1.95. The molecule has 0 saturated heterocycles. The van der Waals surface area contributed by atoms with E-state index in [0.29, 0.717) is 24.7 Å². The zero-order valence-corrected chi connectivity index (χ0v) is 14.7. The minimum atomic E-state index is -0.163. The van der Waals surface area contributed by atoms with E-state index in [-0.39, 0.29) is 5.91 Å². The fourth-order valence-electron chi connectivity index (χ4n) is 2.25. The Kier molecular flexibility index (Phi) is 6.89. The molecule has 0 radical (unpaired) electrons. The van der Waals surface area contributed by atoms with Crippen LogP contribution in [-0.4, -0.2) is 26.7 Å². The molecular formula is C20H23NO4. The van der Waals surface area contributed by atoms with E-state index in [1.165, 1.54) is 6.08 Å². The van der Waals surface area contributed by atoms with E-state index in [4.69, 9.17) is 14.2 Å². The van der Waals surface area contributed by atoms with Gasteiger partial charge in [-0.1, -0.05) is 18.2 Å². The summed E-state index contributed by atoms with van der Waals surface area (Å²) in [6, 6.07) is 13.1. The average molecular weight is 341 g/mol. The Hall–Kier alpha value is -2.95. The molecule has 132 valence electrons. The molecule has 0 aliphatic heterocycles. The minimum absolute atomic E-state index is 0.163. The van der Waals surface area contributed by atoms with Gasteiger partial charge in [0.15, 0.2) is 11.5 Å². The number of carbonyl (C=O) groups excluding carboxylic acids is 1. The monoisotopic (exact) mass is 341 g/mol. The van der Waals surface area contributed by atoms with E-state index in [2.05, 4.69) is 5.32 Å². The third-order valence-electron chi connectivity index (χ3n) is 3.53. The Morgan fingerprint density at radius 1 is 1.04 bits per heavy atom. The van der Waals surface area contributed by atoms with Crippen molar-refractivity contribution in [3.63, 3.8) is 0 Å². The number of ether oxygens (including phenoxy) is 3. The van der Waals surface area contributed by atoms with Crippen LogP contribution >= 0.6 is 0 Å². The van der Waals surface area contributed by atoms with Crippen molar-refractivity contribution in [2.75, 3.05) is 20.8 Å². The highest BCUT2D eigenvalue weighted by Gasteiger charge is 2.05. The van der Waals surface area contributed by atoms with Crippen LogP contribution in [0.15, 0.2) is 48.5 Å². The maximum absolute atomic E-state index is 12.0. The van der Waals surface area contributed by atoms with Crippen LogP contribution in [0.2, 0.25) is 0 Å². The first-order chi connectivity index (χ1) is 12.2. The van der Waals surface area contributed by atoms with Crippen LogP contribution in [0.25, 0.3) is 6.08 Å². The molecule has 0 aliphatic carbocycles. The van der Waals surface area contributed by atoms with Crippen molar-refractivity contribution in [1.29, 1.82) is 0 Å². The molecule has 0 aliphatic rings. The van der Waals surface area contributed by atoms with E-state index in [1.807, 2.05) is 49.4 Å². The molecule has 0 saturated carbocycles. The van der Waals surface area contributed by atoms with E-state index in [9.17, 15) is 4.79 Å². The predicted octanol–water partition coefficient (Wildman–Crippen LogP) is 3.43. The first-order valence-electron chi connectivity index (χ1n) is 8.06. The number of amides is 1. The summed E-state index contributed by atoms with van der Waals surface area (Å²) in [6.45, 7) is 2.98. The number of carbonyl (C=O) groups is 1. The number of hydrogen-bond donors (Lipinski definition) is 1. The zero-order valence-electron chi connectivity index (χ0n) is 14.7. The molecule has 2 rings (SSSR count). The largest absolute Gasteiger partial charge is 0.494 e. The second-order valence-electron chi connectivity index (χ2n) is 5.24. The number of benzene rings is 2. The maximum atomic E-state index is 12.0. The first kappa shape index (κ1) is 18.4. The van der Waals surface area contributed by atoms with Crippen molar-refractivity contribution < 1.29 is 19.0 Å². The average Bonchev–Trinajstić information content (AvgIpc) is 2.65. The summed E-state index contributed by atoms with van der Waals surface area (Å²) in [5, 5.41) is 2.84. The number of methoxy groups -OCH3 is 2. The zero-order chi connectivity index (χ0) is 18.1. The van der Waals surface area contributed by atoms with Crippen molar-refractivity contribution in [2.45, 2.75) is 13.5 Å². The summed E-state index contributed by atoms with van der Waals surface area (Å²) in [5.41, 5.74) is 1.87. The molecule has 0 aromatic heterocycles. The lowest BCUT2D eigenvalue weighted by Crippen LogP contribution is -2.20. The molecule has 0 atom stereocenters. The van der Waals surface area contributed by atoms with Gasteiger partial charge in [-0.3, -0.25) is 4.79 Å². The van der Waals surface area contributed by atoms with Gasteiger partial charge < -0.3 is 19.5 Å². The van der Waals surface area contributed by atoms with Gasteiger partial charge in [0.2, 0.25) is 5.91 Å². The Balaban J connectivity index is 1.89. The lowest BCUT2D eigenvalue weighted by atomic mass is 10.2. The van der Waals surface area contributed by atoms with Crippen LogP contribution in [0.3, 0.4) is 0 Å². The first-order valence-corrected chi connectivity index (χ1v) is 8.06. The molecule has 1 N–H and O–H groups in total. The summed E-state index contributed by atoms with van der Waals surface area (Å²) >= 11 is 0. The smallest absolute Gasteiger partial charge is 0.244 e. The Morgan fingerprint density at radius 3 is 2.40 bits per heavy atom. The van der Waals surface area contributed by atoms with Crippen LogP contribution in [0.1, 0.15) is 18.1 Å². The third-order valence-corrected chi connectivity index (χ3v) is 3.53. The number of hydrogen-bond acceptors (Lipinski definition) is 4. The van der Waals surface area contributed by atoms with Crippen LogP contribution in [0.4, 0.5) is 0 Å². The van der Waals surface area contributed by atoms with Crippen molar-refractivity contribution in [2.24, 2.45) is 0 Å². The van der Waals surface area contributed by atoms with Gasteiger partial charge in [0.25, 0.3) is 0 Å². The highest BCUT2D eigenvalue weighted by molar-refractivity contribution is 5.91. The molecule has 0 heterocycles. The second kappa shape index (κ2) is 9.37. The molecule has 25 heavy (non-hydrogen) atoms. The van der Waals surface area contributed by atoms with Gasteiger partial charge in [-0.05, 0) is 48.4 Å². The summed E-state index contributed by atoms with van der Waals surface area (Å²) in [4.78, 5) is 12.0. The van der Waals surface area contributed by atoms with Gasteiger partial charge in [-0.15, -0.1) is 0 Å². The Morgan fingerprint density at radius 2 is 1.76 bits per heavy atom. The Bertz CT molecular complexity index is 723. The van der Waals surface area contributed by atoms with Gasteiger partial charge in [0.1, 0.15) is 5.75 Å². The highest BCUT2D eigenvalue weighted by Crippen LogP contribution is 2.27. The number of nitrogens with one attached hydrogen (secondary N) is 1. The van der Waals surface area contributed by atoms with Crippen LogP contribution < -0.4 is 19.5 Å². The minimum Gasteiger partial charge on any atom is -0.494 e.